The van der Waals surface area contributed by atoms with Crippen LogP contribution in [0.3, 0.4) is 0 Å². The maximum Gasteiger partial charge on any atom is 0.313 e. The smallest absolute Gasteiger partial charge is 0.313 e. The van der Waals surface area contributed by atoms with Crippen molar-refractivity contribution in [1.82, 2.24) is 0 Å². The SMILES string of the molecule is COC(=O)C1CC(=O)c2c(C)cccc21. The lowest BCUT2D eigenvalue weighted by Gasteiger charge is -2.08. The summed E-state index contributed by atoms with van der Waals surface area (Å²) in [6.45, 7) is 1.89. The van der Waals surface area contributed by atoms with Crippen LogP contribution >= 0.6 is 0 Å². The first-order chi connectivity index (χ1) is 7.15. The average Bonchev–Trinajstić information content (AvgIpc) is 2.56. The van der Waals surface area contributed by atoms with Crippen LogP contribution in [0.1, 0.15) is 33.8 Å². The van der Waals surface area contributed by atoms with Gasteiger partial charge in [-0.3, -0.25) is 9.59 Å². The number of aryl methyl sites for hydroxylation is 1. The zero-order chi connectivity index (χ0) is 11.0. The molecule has 3 nitrogen and oxygen atoms in total. The van der Waals surface area contributed by atoms with Crippen LogP contribution in [0.25, 0.3) is 0 Å². The Bertz CT molecular complexity index is 434. The Labute approximate surface area is 88.1 Å². The van der Waals surface area contributed by atoms with E-state index in [2.05, 4.69) is 4.74 Å². The Balaban J connectivity index is 2.51. The number of Topliss-reactive ketones (excluding diaryl/α,β-unsaturated/α-hetero) is 1. The highest BCUT2D eigenvalue weighted by Crippen LogP contribution is 2.35. The molecule has 0 fully saturated rings. The first-order valence-electron chi connectivity index (χ1n) is 4.85. The molecule has 0 heterocycles. The van der Waals surface area contributed by atoms with E-state index in [4.69, 9.17) is 0 Å². The lowest BCUT2D eigenvalue weighted by molar-refractivity contribution is -0.142. The van der Waals surface area contributed by atoms with Gasteiger partial charge in [-0.15, -0.1) is 0 Å². The monoisotopic (exact) mass is 204 g/mol. The number of ketones is 1. The minimum absolute atomic E-state index is 0.0403. The van der Waals surface area contributed by atoms with E-state index in [-0.39, 0.29) is 18.2 Å². The molecule has 3 heteroatoms. The van der Waals surface area contributed by atoms with Crippen LogP contribution in [-0.4, -0.2) is 18.9 Å². The molecule has 0 bridgehead atoms. The summed E-state index contributed by atoms with van der Waals surface area (Å²) in [4.78, 5) is 23.2. The van der Waals surface area contributed by atoms with Crippen molar-refractivity contribution in [2.24, 2.45) is 0 Å². The fraction of sp³-hybridized carbons (Fsp3) is 0.333. The highest BCUT2D eigenvalue weighted by Gasteiger charge is 2.35. The van der Waals surface area contributed by atoms with Gasteiger partial charge in [0.05, 0.1) is 13.0 Å². The van der Waals surface area contributed by atoms with Crippen LogP contribution < -0.4 is 0 Å². The summed E-state index contributed by atoms with van der Waals surface area (Å²) in [5, 5.41) is 0. The Morgan fingerprint density at radius 3 is 2.87 bits per heavy atom. The summed E-state index contributed by atoms with van der Waals surface area (Å²) >= 11 is 0. The van der Waals surface area contributed by atoms with Gasteiger partial charge in [-0.1, -0.05) is 18.2 Å². The number of ether oxygens (including phenoxy) is 1. The fourth-order valence-electron chi connectivity index (χ4n) is 2.11. The van der Waals surface area contributed by atoms with Gasteiger partial charge in [0.15, 0.2) is 5.78 Å². The molecular formula is C12H12O3. The molecule has 0 N–H and O–H groups in total. The molecule has 0 aliphatic heterocycles. The minimum atomic E-state index is -0.405. The first kappa shape index (κ1) is 9.90. The molecule has 2 rings (SSSR count). The van der Waals surface area contributed by atoms with E-state index >= 15 is 0 Å². The number of hydrogen-bond acceptors (Lipinski definition) is 3. The van der Waals surface area contributed by atoms with E-state index in [0.717, 1.165) is 11.1 Å². The molecule has 0 saturated heterocycles. The van der Waals surface area contributed by atoms with Crippen LogP contribution in [0, 0.1) is 6.92 Å². The molecule has 0 aromatic heterocycles. The fourth-order valence-corrected chi connectivity index (χ4v) is 2.11. The molecule has 1 aromatic rings. The largest absolute Gasteiger partial charge is 0.469 e. The second kappa shape index (κ2) is 3.50. The number of rotatable bonds is 1. The zero-order valence-corrected chi connectivity index (χ0v) is 8.74. The van der Waals surface area contributed by atoms with Crippen molar-refractivity contribution >= 4 is 11.8 Å². The molecule has 0 radical (unpaired) electrons. The van der Waals surface area contributed by atoms with Gasteiger partial charge in [0, 0.05) is 12.0 Å². The molecule has 1 aromatic carbocycles. The number of benzene rings is 1. The summed E-state index contributed by atoms with van der Waals surface area (Å²) < 4.78 is 4.69. The highest BCUT2D eigenvalue weighted by molar-refractivity contribution is 6.06. The van der Waals surface area contributed by atoms with E-state index in [1.807, 2.05) is 25.1 Å². The second-order valence-corrected chi connectivity index (χ2v) is 3.74. The quantitative estimate of drug-likeness (QED) is 0.655. The van der Waals surface area contributed by atoms with E-state index in [1.54, 1.807) is 0 Å². The minimum Gasteiger partial charge on any atom is -0.469 e. The van der Waals surface area contributed by atoms with Gasteiger partial charge in [-0.05, 0) is 18.1 Å². The highest BCUT2D eigenvalue weighted by atomic mass is 16.5. The molecule has 1 unspecified atom stereocenters. The summed E-state index contributed by atoms with van der Waals surface area (Å²) in [6, 6.07) is 5.58. The summed E-state index contributed by atoms with van der Waals surface area (Å²) in [6.07, 6.45) is 0.243. The maximum absolute atomic E-state index is 11.7. The number of carbonyl (C=O) groups excluding carboxylic acids is 2. The number of esters is 1. The van der Waals surface area contributed by atoms with Crippen molar-refractivity contribution < 1.29 is 14.3 Å². The van der Waals surface area contributed by atoms with E-state index < -0.39 is 5.92 Å². The lowest BCUT2D eigenvalue weighted by Crippen LogP contribution is -2.11. The van der Waals surface area contributed by atoms with Crippen molar-refractivity contribution in [2.75, 3.05) is 7.11 Å². The van der Waals surface area contributed by atoms with Crippen molar-refractivity contribution in [2.45, 2.75) is 19.3 Å². The normalized spacial score (nSPS) is 18.8. The van der Waals surface area contributed by atoms with Gasteiger partial charge in [0.1, 0.15) is 0 Å². The standard InChI is InChI=1S/C12H12O3/c1-7-4-3-5-8-9(12(14)15-2)6-10(13)11(7)8/h3-5,9H,6H2,1-2H3. The number of carbonyl (C=O) groups is 2. The van der Waals surface area contributed by atoms with E-state index in [9.17, 15) is 9.59 Å². The third kappa shape index (κ3) is 1.44. The lowest BCUT2D eigenvalue weighted by atomic mass is 9.99. The van der Waals surface area contributed by atoms with Crippen molar-refractivity contribution in [1.29, 1.82) is 0 Å². The van der Waals surface area contributed by atoms with Crippen LogP contribution in [0.15, 0.2) is 18.2 Å². The Hall–Kier alpha value is -1.64. The topological polar surface area (TPSA) is 43.4 Å². The zero-order valence-electron chi connectivity index (χ0n) is 8.74. The summed E-state index contributed by atoms with van der Waals surface area (Å²) in [7, 11) is 1.35. The predicted molar refractivity (Wildman–Crippen MR) is 54.9 cm³/mol. The second-order valence-electron chi connectivity index (χ2n) is 3.74. The van der Waals surface area contributed by atoms with Gasteiger partial charge in [0.2, 0.25) is 0 Å². The number of fused-ring (bicyclic) bond motifs is 1. The van der Waals surface area contributed by atoms with Crippen LogP contribution in [0.5, 0.6) is 0 Å². The van der Waals surface area contributed by atoms with E-state index in [0.29, 0.717) is 5.56 Å². The molecule has 0 amide bonds. The van der Waals surface area contributed by atoms with Gasteiger partial charge in [0.25, 0.3) is 0 Å². The summed E-state index contributed by atoms with van der Waals surface area (Å²) in [5.74, 6) is -0.691. The van der Waals surface area contributed by atoms with Crippen molar-refractivity contribution in [3.63, 3.8) is 0 Å². The third-order valence-corrected chi connectivity index (χ3v) is 2.83. The molecular weight excluding hydrogens is 192 g/mol. The van der Waals surface area contributed by atoms with E-state index in [1.165, 1.54) is 7.11 Å². The molecule has 1 atom stereocenters. The van der Waals surface area contributed by atoms with Gasteiger partial charge >= 0.3 is 5.97 Å². The summed E-state index contributed by atoms with van der Waals surface area (Å²) in [5.41, 5.74) is 2.45. The number of methoxy groups -OCH3 is 1. The Morgan fingerprint density at radius 1 is 1.47 bits per heavy atom. The van der Waals surface area contributed by atoms with Crippen LogP contribution in [0.2, 0.25) is 0 Å². The van der Waals surface area contributed by atoms with Crippen LogP contribution in [0.4, 0.5) is 0 Å². The predicted octanol–water partition coefficient (Wildman–Crippen LogP) is 1.84. The first-order valence-corrected chi connectivity index (χ1v) is 4.85. The molecule has 15 heavy (non-hydrogen) atoms. The van der Waals surface area contributed by atoms with Crippen molar-refractivity contribution in [3.05, 3.63) is 34.9 Å². The van der Waals surface area contributed by atoms with Gasteiger partial charge in [-0.2, -0.15) is 0 Å². The maximum atomic E-state index is 11.7. The van der Waals surface area contributed by atoms with Gasteiger partial charge in [-0.25, -0.2) is 0 Å². The molecule has 1 aliphatic rings. The van der Waals surface area contributed by atoms with Gasteiger partial charge < -0.3 is 4.74 Å². The average molecular weight is 204 g/mol. The molecule has 0 spiro atoms. The molecule has 78 valence electrons. The molecule has 1 aliphatic carbocycles. The Morgan fingerprint density at radius 2 is 2.20 bits per heavy atom. The van der Waals surface area contributed by atoms with Crippen molar-refractivity contribution in [3.8, 4) is 0 Å². The number of hydrogen-bond donors (Lipinski definition) is 0. The molecule has 0 saturated carbocycles. The third-order valence-electron chi connectivity index (χ3n) is 2.83. The van der Waals surface area contributed by atoms with Crippen LogP contribution in [-0.2, 0) is 9.53 Å². The Kier molecular flexibility index (Phi) is 2.31.